The molecule has 2 atom stereocenters. The molecule has 1 unspecified atom stereocenters. The molecule has 1 N–H and O–H groups in total. The van der Waals surface area contributed by atoms with Crippen LogP contribution in [0.15, 0.2) is 24.3 Å². The maximum absolute atomic E-state index is 12.5. The van der Waals surface area contributed by atoms with E-state index in [0.717, 1.165) is 12.1 Å². The number of alkyl halides is 3. The SMILES string of the molecule is CC(Cc1ccc(C(F)(F)F)cc1)C(=O)N1CCC[C@H]1C(=O)O. The number of carbonyl (C=O) groups excluding carboxylic acids is 1. The second kappa shape index (κ2) is 6.60. The molecule has 0 saturated carbocycles. The number of hydrogen-bond donors (Lipinski definition) is 1. The zero-order chi connectivity index (χ0) is 17.2. The fourth-order valence-corrected chi connectivity index (χ4v) is 2.84. The summed E-state index contributed by atoms with van der Waals surface area (Å²) < 4.78 is 37.6. The summed E-state index contributed by atoms with van der Waals surface area (Å²) in [6, 6.07) is 3.89. The summed E-state index contributed by atoms with van der Waals surface area (Å²) >= 11 is 0. The van der Waals surface area contributed by atoms with E-state index in [1.165, 1.54) is 17.0 Å². The first-order valence-electron chi connectivity index (χ1n) is 7.39. The van der Waals surface area contributed by atoms with Gasteiger partial charge in [-0.25, -0.2) is 4.79 Å². The van der Waals surface area contributed by atoms with Crippen molar-refractivity contribution in [3.63, 3.8) is 0 Å². The Kier molecular flexibility index (Phi) is 4.97. The summed E-state index contributed by atoms with van der Waals surface area (Å²) in [5.74, 6) is -1.76. The Morgan fingerprint density at radius 1 is 1.30 bits per heavy atom. The Hall–Kier alpha value is -2.05. The molecule has 0 bridgehead atoms. The lowest BCUT2D eigenvalue weighted by molar-refractivity contribution is -0.149. The smallest absolute Gasteiger partial charge is 0.416 e. The number of benzene rings is 1. The van der Waals surface area contributed by atoms with E-state index in [9.17, 15) is 22.8 Å². The molecular formula is C16H18F3NO3. The molecule has 23 heavy (non-hydrogen) atoms. The van der Waals surface area contributed by atoms with Gasteiger partial charge >= 0.3 is 12.1 Å². The third-order valence-electron chi connectivity index (χ3n) is 4.07. The Balaban J connectivity index is 2.02. The topological polar surface area (TPSA) is 57.6 Å². The van der Waals surface area contributed by atoms with E-state index in [4.69, 9.17) is 5.11 Å². The minimum Gasteiger partial charge on any atom is -0.480 e. The van der Waals surface area contributed by atoms with E-state index in [2.05, 4.69) is 0 Å². The number of halogens is 3. The first kappa shape index (κ1) is 17.3. The van der Waals surface area contributed by atoms with Crippen LogP contribution in [-0.4, -0.2) is 34.5 Å². The lowest BCUT2D eigenvalue weighted by Crippen LogP contribution is -2.43. The fourth-order valence-electron chi connectivity index (χ4n) is 2.84. The van der Waals surface area contributed by atoms with E-state index in [0.29, 0.717) is 24.9 Å². The van der Waals surface area contributed by atoms with Crippen molar-refractivity contribution >= 4 is 11.9 Å². The summed E-state index contributed by atoms with van der Waals surface area (Å²) in [7, 11) is 0. The third kappa shape index (κ3) is 4.03. The second-order valence-electron chi connectivity index (χ2n) is 5.83. The molecule has 0 radical (unpaired) electrons. The molecule has 0 spiro atoms. The maximum atomic E-state index is 12.5. The molecule has 1 saturated heterocycles. The van der Waals surface area contributed by atoms with E-state index in [1.54, 1.807) is 6.92 Å². The molecule has 1 amide bonds. The first-order chi connectivity index (χ1) is 10.7. The molecule has 1 heterocycles. The Morgan fingerprint density at radius 2 is 1.91 bits per heavy atom. The standard InChI is InChI=1S/C16H18F3NO3/c1-10(14(21)20-8-2-3-13(20)15(22)23)9-11-4-6-12(7-5-11)16(17,18)19/h4-7,10,13H,2-3,8-9H2,1H3,(H,22,23)/t10?,13-/m0/s1. The van der Waals surface area contributed by atoms with E-state index in [-0.39, 0.29) is 12.3 Å². The van der Waals surface area contributed by atoms with Gasteiger partial charge in [-0.2, -0.15) is 13.2 Å². The monoisotopic (exact) mass is 329 g/mol. The highest BCUT2D eigenvalue weighted by Gasteiger charge is 2.36. The maximum Gasteiger partial charge on any atom is 0.416 e. The number of nitrogens with zero attached hydrogens (tertiary/aromatic N) is 1. The third-order valence-corrected chi connectivity index (χ3v) is 4.07. The van der Waals surface area contributed by atoms with Crippen molar-refractivity contribution in [3.05, 3.63) is 35.4 Å². The van der Waals surface area contributed by atoms with Crippen molar-refractivity contribution in [1.29, 1.82) is 0 Å². The van der Waals surface area contributed by atoms with Gasteiger partial charge in [-0.1, -0.05) is 19.1 Å². The van der Waals surface area contributed by atoms with Crippen molar-refractivity contribution in [3.8, 4) is 0 Å². The van der Waals surface area contributed by atoms with Gasteiger partial charge in [-0.3, -0.25) is 4.79 Å². The molecule has 1 aromatic carbocycles. The highest BCUT2D eigenvalue weighted by Crippen LogP contribution is 2.29. The average molecular weight is 329 g/mol. The number of rotatable bonds is 4. The molecular weight excluding hydrogens is 311 g/mol. The van der Waals surface area contributed by atoms with E-state index in [1.807, 2.05) is 0 Å². The van der Waals surface area contributed by atoms with Crippen molar-refractivity contribution in [2.45, 2.75) is 38.4 Å². The number of likely N-dealkylation sites (tertiary alicyclic amines) is 1. The van der Waals surface area contributed by atoms with Gasteiger partial charge in [0, 0.05) is 12.5 Å². The normalized spacial score (nSPS) is 19.7. The first-order valence-corrected chi connectivity index (χ1v) is 7.39. The predicted molar refractivity (Wildman–Crippen MR) is 76.7 cm³/mol. The molecule has 1 fully saturated rings. The van der Waals surface area contributed by atoms with E-state index < -0.39 is 29.7 Å². The summed E-state index contributed by atoms with van der Waals surface area (Å²) in [5, 5.41) is 9.11. The van der Waals surface area contributed by atoms with Crippen molar-refractivity contribution in [1.82, 2.24) is 4.90 Å². The van der Waals surface area contributed by atoms with Crippen LogP contribution in [0, 0.1) is 5.92 Å². The molecule has 7 heteroatoms. The predicted octanol–water partition coefficient (Wildman–Crippen LogP) is 2.96. The number of hydrogen-bond acceptors (Lipinski definition) is 2. The van der Waals surface area contributed by atoms with Crippen molar-refractivity contribution in [2.24, 2.45) is 5.92 Å². The number of carbonyl (C=O) groups is 2. The van der Waals surface area contributed by atoms with Crippen LogP contribution in [0.3, 0.4) is 0 Å². The molecule has 0 aromatic heterocycles. The van der Waals surface area contributed by atoms with Gasteiger partial charge in [-0.05, 0) is 37.0 Å². The van der Waals surface area contributed by atoms with Crippen LogP contribution in [0.4, 0.5) is 13.2 Å². The van der Waals surface area contributed by atoms with Crippen LogP contribution in [0.25, 0.3) is 0 Å². The van der Waals surface area contributed by atoms with Gasteiger partial charge in [0.05, 0.1) is 5.56 Å². The lowest BCUT2D eigenvalue weighted by atomic mass is 9.98. The molecule has 2 rings (SSSR count). The summed E-state index contributed by atoms with van der Waals surface area (Å²) in [5.41, 5.74) is -0.115. The van der Waals surface area contributed by atoms with Gasteiger partial charge in [0.25, 0.3) is 0 Å². The van der Waals surface area contributed by atoms with Crippen LogP contribution < -0.4 is 0 Å². The lowest BCUT2D eigenvalue weighted by Gasteiger charge is -2.25. The summed E-state index contributed by atoms with van der Waals surface area (Å²) in [6.45, 7) is 2.07. The quantitative estimate of drug-likeness (QED) is 0.924. The van der Waals surface area contributed by atoms with Gasteiger partial charge in [0.15, 0.2) is 0 Å². The molecule has 4 nitrogen and oxygen atoms in total. The van der Waals surface area contributed by atoms with Crippen molar-refractivity contribution in [2.75, 3.05) is 6.54 Å². The van der Waals surface area contributed by atoms with E-state index >= 15 is 0 Å². The van der Waals surface area contributed by atoms with Crippen LogP contribution in [-0.2, 0) is 22.2 Å². The van der Waals surface area contributed by atoms with Gasteiger partial charge < -0.3 is 10.0 Å². The Bertz CT molecular complexity index is 583. The number of aliphatic carboxylic acids is 1. The Morgan fingerprint density at radius 3 is 2.43 bits per heavy atom. The Labute approximate surface area is 131 Å². The largest absolute Gasteiger partial charge is 0.480 e. The van der Waals surface area contributed by atoms with Gasteiger partial charge in [0.2, 0.25) is 5.91 Å². The van der Waals surface area contributed by atoms with Crippen molar-refractivity contribution < 1.29 is 27.9 Å². The number of carboxylic acid groups (broad SMARTS) is 1. The van der Waals surface area contributed by atoms with Gasteiger partial charge in [-0.15, -0.1) is 0 Å². The second-order valence-corrected chi connectivity index (χ2v) is 5.83. The van der Waals surface area contributed by atoms with Crippen LogP contribution in [0.2, 0.25) is 0 Å². The number of amides is 1. The van der Waals surface area contributed by atoms with Gasteiger partial charge in [0.1, 0.15) is 6.04 Å². The zero-order valence-corrected chi connectivity index (χ0v) is 12.6. The minimum atomic E-state index is -4.38. The summed E-state index contributed by atoms with van der Waals surface area (Å²) in [6.07, 6.45) is -3.02. The highest BCUT2D eigenvalue weighted by molar-refractivity contribution is 5.85. The fraction of sp³-hybridized carbons (Fsp3) is 0.500. The zero-order valence-electron chi connectivity index (χ0n) is 12.6. The minimum absolute atomic E-state index is 0.269. The summed E-state index contributed by atoms with van der Waals surface area (Å²) in [4.78, 5) is 24.9. The molecule has 1 aromatic rings. The average Bonchev–Trinajstić information content (AvgIpc) is 2.95. The highest BCUT2D eigenvalue weighted by atomic mass is 19.4. The van der Waals surface area contributed by atoms with Crippen LogP contribution >= 0.6 is 0 Å². The van der Waals surface area contributed by atoms with Crippen LogP contribution in [0.1, 0.15) is 30.9 Å². The van der Waals surface area contributed by atoms with Crippen LogP contribution in [0.5, 0.6) is 0 Å². The molecule has 0 aliphatic carbocycles. The molecule has 1 aliphatic heterocycles. The molecule has 126 valence electrons. The number of carboxylic acids is 1. The molecule has 1 aliphatic rings.